The van der Waals surface area contributed by atoms with Crippen LogP contribution in [0.15, 0.2) is 29.4 Å². The maximum atomic E-state index is 12.8. The number of carbonyl (C=O) groups excluding carboxylic acids is 1. The minimum atomic E-state index is -0.166. The van der Waals surface area contributed by atoms with Gasteiger partial charge in [0.05, 0.1) is 5.25 Å². The van der Waals surface area contributed by atoms with Gasteiger partial charge in [0.15, 0.2) is 5.16 Å². The van der Waals surface area contributed by atoms with Crippen LogP contribution in [0.5, 0.6) is 0 Å². The predicted molar refractivity (Wildman–Crippen MR) is 101 cm³/mol. The van der Waals surface area contributed by atoms with Crippen molar-refractivity contribution in [1.29, 1.82) is 0 Å². The Morgan fingerprint density at radius 1 is 1.24 bits per heavy atom. The van der Waals surface area contributed by atoms with E-state index in [1.54, 1.807) is 0 Å². The third-order valence-corrected chi connectivity index (χ3v) is 5.81. The van der Waals surface area contributed by atoms with Gasteiger partial charge in [0.1, 0.15) is 5.82 Å². The average Bonchev–Trinajstić information content (AvgIpc) is 2.95. The molecular formula is C19H26N4OS. The second-order valence-electron chi connectivity index (χ2n) is 6.97. The molecule has 1 aromatic heterocycles. The number of likely N-dealkylation sites (tertiary alicyclic amines) is 1. The molecule has 2 aromatic rings. The van der Waals surface area contributed by atoms with Crippen LogP contribution in [0.25, 0.3) is 5.69 Å². The lowest BCUT2D eigenvalue weighted by atomic mass is 9.99. The van der Waals surface area contributed by atoms with Crippen LogP contribution in [-0.2, 0) is 4.79 Å². The molecule has 5 nitrogen and oxygen atoms in total. The van der Waals surface area contributed by atoms with E-state index in [9.17, 15) is 4.79 Å². The van der Waals surface area contributed by atoms with Crippen LogP contribution in [0.1, 0.15) is 38.1 Å². The van der Waals surface area contributed by atoms with Crippen LogP contribution in [0.4, 0.5) is 0 Å². The van der Waals surface area contributed by atoms with E-state index >= 15 is 0 Å². The molecule has 0 spiro atoms. The molecule has 6 heteroatoms. The number of rotatable bonds is 4. The summed E-state index contributed by atoms with van der Waals surface area (Å²) in [6.45, 7) is 9.98. The van der Waals surface area contributed by atoms with Crippen LogP contribution in [0.2, 0.25) is 0 Å². The van der Waals surface area contributed by atoms with E-state index in [1.165, 1.54) is 17.3 Å². The van der Waals surface area contributed by atoms with Gasteiger partial charge < -0.3 is 4.90 Å². The van der Waals surface area contributed by atoms with Crippen molar-refractivity contribution in [3.8, 4) is 5.69 Å². The Kier molecular flexibility index (Phi) is 5.47. The van der Waals surface area contributed by atoms with Gasteiger partial charge in [0, 0.05) is 18.8 Å². The Labute approximate surface area is 153 Å². The van der Waals surface area contributed by atoms with Crippen LogP contribution in [0, 0.1) is 19.8 Å². The molecular weight excluding hydrogens is 332 g/mol. The lowest BCUT2D eigenvalue weighted by Gasteiger charge is -2.31. The van der Waals surface area contributed by atoms with E-state index in [-0.39, 0.29) is 11.2 Å². The monoisotopic (exact) mass is 358 g/mol. The van der Waals surface area contributed by atoms with Gasteiger partial charge in [-0.15, -0.1) is 10.2 Å². The lowest BCUT2D eigenvalue weighted by Crippen LogP contribution is -2.41. The summed E-state index contributed by atoms with van der Waals surface area (Å²) < 4.78 is 2.03. The third-order valence-electron chi connectivity index (χ3n) is 4.78. The van der Waals surface area contributed by atoms with Crippen LogP contribution >= 0.6 is 11.8 Å². The molecule has 25 heavy (non-hydrogen) atoms. The zero-order valence-electron chi connectivity index (χ0n) is 15.4. The van der Waals surface area contributed by atoms with Crippen molar-refractivity contribution in [2.24, 2.45) is 5.92 Å². The number of hydrogen-bond donors (Lipinski definition) is 0. The maximum Gasteiger partial charge on any atom is 0.235 e. The molecule has 1 aliphatic heterocycles. The van der Waals surface area contributed by atoms with Crippen LogP contribution < -0.4 is 0 Å². The molecule has 3 rings (SSSR count). The molecule has 0 unspecified atom stereocenters. The minimum absolute atomic E-state index is 0.166. The normalized spacial score (nSPS) is 16.9. The molecule has 1 saturated heterocycles. The van der Waals surface area contributed by atoms with Gasteiger partial charge in [-0.05, 0) is 57.2 Å². The molecule has 0 N–H and O–H groups in total. The zero-order chi connectivity index (χ0) is 18.0. The quantitative estimate of drug-likeness (QED) is 0.783. The Morgan fingerprint density at radius 3 is 2.64 bits per heavy atom. The topological polar surface area (TPSA) is 51.0 Å². The van der Waals surface area contributed by atoms with Gasteiger partial charge >= 0.3 is 0 Å². The van der Waals surface area contributed by atoms with E-state index < -0.39 is 0 Å². The molecule has 0 aliphatic carbocycles. The van der Waals surface area contributed by atoms with E-state index in [2.05, 4.69) is 36.2 Å². The van der Waals surface area contributed by atoms with E-state index in [0.29, 0.717) is 0 Å². The van der Waals surface area contributed by atoms with Gasteiger partial charge in [-0.2, -0.15) is 0 Å². The Hall–Kier alpha value is -1.82. The molecule has 1 atom stereocenters. The number of hydrogen-bond acceptors (Lipinski definition) is 4. The summed E-state index contributed by atoms with van der Waals surface area (Å²) in [7, 11) is 0. The van der Waals surface area contributed by atoms with Gasteiger partial charge in [-0.1, -0.05) is 30.8 Å². The first-order chi connectivity index (χ1) is 12.0. The SMILES string of the molecule is Cc1cccc(-n2c(C)nnc2S[C@H](C)C(=O)N2CCC(C)CC2)c1. The van der Waals surface area contributed by atoms with Gasteiger partial charge in [0.2, 0.25) is 5.91 Å². The summed E-state index contributed by atoms with van der Waals surface area (Å²) in [4.78, 5) is 14.8. The fourth-order valence-electron chi connectivity index (χ4n) is 3.18. The maximum absolute atomic E-state index is 12.8. The largest absolute Gasteiger partial charge is 0.342 e. The molecule has 0 saturated carbocycles. The number of carbonyl (C=O) groups is 1. The second kappa shape index (κ2) is 7.60. The standard InChI is InChI=1S/C19H26N4OS/c1-13-8-10-22(11-9-13)18(24)15(3)25-19-21-20-16(4)23(19)17-7-5-6-14(2)12-17/h5-7,12-13,15H,8-11H2,1-4H3/t15-/m1/s1. The van der Waals surface area contributed by atoms with Crippen LogP contribution in [-0.4, -0.2) is 43.9 Å². The van der Waals surface area contributed by atoms with Crippen molar-refractivity contribution in [2.45, 2.75) is 50.9 Å². The smallest absolute Gasteiger partial charge is 0.235 e. The highest BCUT2D eigenvalue weighted by atomic mass is 32.2. The molecule has 1 aromatic carbocycles. The number of thioether (sulfide) groups is 1. The summed E-state index contributed by atoms with van der Waals surface area (Å²) in [5.74, 6) is 1.76. The summed E-state index contributed by atoms with van der Waals surface area (Å²) >= 11 is 1.49. The van der Waals surface area contributed by atoms with E-state index in [1.807, 2.05) is 35.4 Å². The highest BCUT2D eigenvalue weighted by molar-refractivity contribution is 8.00. The zero-order valence-corrected chi connectivity index (χ0v) is 16.2. The Balaban J connectivity index is 1.76. The van der Waals surface area contributed by atoms with Crippen molar-refractivity contribution in [2.75, 3.05) is 13.1 Å². The van der Waals surface area contributed by atoms with Crippen LogP contribution in [0.3, 0.4) is 0 Å². The number of benzene rings is 1. The third kappa shape index (κ3) is 4.06. The van der Waals surface area contributed by atoms with E-state index in [0.717, 1.165) is 48.5 Å². The number of aryl methyl sites for hydroxylation is 2. The minimum Gasteiger partial charge on any atom is -0.342 e. The molecule has 0 bridgehead atoms. The first kappa shape index (κ1) is 18.0. The molecule has 1 fully saturated rings. The first-order valence-corrected chi connectivity index (χ1v) is 9.78. The highest BCUT2D eigenvalue weighted by Crippen LogP contribution is 2.28. The Bertz CT molecular complexity index is 750. The lowest BCUT2D eigenvalue weighted by molar-refractivity contribution is -0.131. The molecule has 1 amide bonds. The summed E-state index contributed by atoms with van der Waals surface area (Å²) in [6.07, 6.45) is 2.20. The summed E-state index contributed by atoms with van der Waals surface area (Å²) in [5, 5.41) is 9.14. The number of amides is 1. The highest BCUT2D eigenvalue weighted by Gasteiger charge is 2.26. The van der Waals surface area contributed by atoms with Crippen molar-refractivity contribution < 1.29 is 4.79 Å². The predicted octanol–water partition coefficient (Wildman–Crippen LogP) is 3.62. The molecule has 1 aliphatic rings. The first-order valence-electron chi connectivity index (χ1n) is 8.90. The second-order valence-corrected chi connectivity index (χ2v) is 8.28. The van der Waals surface area contributed by atoms with Gasteiger partial charge in [-0.25, -0.2) is 0 Å². The van der Waals surface area contributed by atoms with Gasteiger partial charge in [0.25, 0.3) is 0 Å². The Morgan fingerprint density at radius 2 is 1.96 bits per heavy atom. The molecule has 0 radical (unpaired) electrons. The number of piperidine rings is 1. The fourth-order valence-corrected chi connectivity index (χ4v) is 4.18. The van der Waals surface area contributed by atoms with Crippen molar-refractivity contribution in [1.82, 2.24) is 19.7 Å². The van der Waals surface area contributed by atoms with Gasteiger partial charge in [-0.3, -0.25) is 9.36 Å². The summed E-state index contributed by atoms with van der Waals surface area (Å²) in [5.41, 5.74) is 2.23. The molecule has 2 heterocycles. The fraction of sp³-hybridized carbons (Fsp3) is 0.526. The van der Waals surface area contributed by atoms with E-state index in [4.69, 9.17) is 0 Å². The number of nitrogens with zero attached hydrogens (tertiary/aromatic N) is 4. The number of aromatic nitrogens is 3. The molecule has 134 valence electrons. The van der Waals surface area contributed by atoms with Crippen molar-refractivity contribution in [3.05, 3.63) is 35.7 Å². The van der Waals surface area contributed by atoms with Crippen molar-refractivity contribution >= 4 is 17.7 Å². The van der Waals surface area contributed by atoms with Crippen molar-refractivity contribution in [3.63, 3.8) is 0 Å². The summed E-state index contributed by atoms with van der Waals surface area (Å²) in [6, 6.07) is 8.26. The average molecular weight is 359 g/mol.